The standard InChI is InChI=1S/C20H27N3O/c1-4-17(5-2)21-20(24)23-14-13-22-12-6-7-18(22)19(23)16-10-8-15(3)9-11-16/h6-12,17,19H,4-5,13-14H2,1-3H3,(H,21,24). The lowest BCUT2D eigenvalue weighted by Crippen LogP contribution is -2.49. The number of amides is 2. The Hall–Kier alpha value is -2.23. The monoisotopic (exact) mass is 325 g/mol. The van der Waals surface area contributed by atoms with Gasteiger partial charge in [0.2, 0.25) is 0 Å². The quantitative estimate of drug-likeness (QED) is 0.903. The maximum absolute atomic E-state index is 12.9. The molecule has 1 aliphatic rings. The summed E-state index contributed by atoms with van der Waals surface area (Å²) < 4.78 is 2.26. The summed E-state index contributed by atoms with van der Waals surface area (Å²) in [6, 6.07) is 13.0. The molecule has 1 N–H and O–H groups in total. The summed E-state index contributed by atoms with van der Waals surface area (Å²) in [5.74, 6) is 0. The molecule has 2 amide bonds. The van der Waals surface area contributed by atoms with Gasteiger partial charge in [0.05, 0.1) is 6.04 Å². The zero-order chi connectivity index (χ0) is 17.1. The Labute approximate surface area is 144 Å². The van der Waals surface area contributed by atoms with Crippen molar-refractivity contribution in [2.24, 2.45) is 0 Å². The Morgan fingerprint density at radius 2 is 1.88 bits per heavy atom. The second-order valence-electron chi connectivity index (χ2n) is 6.60. The van der Waals surface area contributed by atoms with E-state index >= 15 is 0 Å². The number of nitrogens with one attached hydrogen (secondary N) is 1. The van der Waals surface area contributed by atoms with Crippen molar-refractivity contribution in [3.63, 3.8) is 0 Å². The van der Waals surface area contributed by atoms with E-state index in [0.717, 1.165) is 25.9 Å². The lowest BCUT2D eigenvalue weighted by Gasteiger charge is -2.38. The molecule has 0 radical (unpaired) electrons. The van der Waals surface area contributed by atoms with Crippen molar-refractivity contribution in [3.8, 4) is 0 Å². The third kappa shape index (κ3) is 3.18. The Morgan fingerprint density at radius 3 is 2.54 bits per heavy atom. The molecular weight excluding hydrogens is 298 g/mol. The van der Waals surface area contributed by atoms with Gasteiger partial charge in [-0.05, 0) is 37.5 Å². The molecule has 1 aromatic carbocycles. The number of fused-ring (bicyclic) bond motifs is 1. The number of hydrogen-bond donors (Lipinski definition) is 1. The van der Waals surface area contributed by atoms with Crippen LogP contribution in [-0.2, 0) is 6.54 Å². The number of benzene rings is 1. The molecule has 2 heterocycles. The van der Waals surface area contributed by atoms with Gasteiger partial charge in [-0.1, -0.05) is 43.7 Å². The topological polar surface area (TPSA) is 37.3 Å². The molecular formula is C20H27N3O. The Kier molecular flexibility index (Phi) is 4.93. The fourth-order valence-electron chi connectivity index (χ4n) is 3.45. The summed E-state index contributed by atoms with van der Waals surface area (Å²) in [6.45, 7) is 7.90. The minimum Gasteiger partial charge on any atom is -0.348 e. The van der Waals surface area contributed by atoms with E-state index in [1.54, 1.807) is 0 Å². The number of nitrogens with zero attached hydrogens (tertiary/aromatic N) is 2. The van der Waals surface area contributed by atoms with Crippen LogP contribution in [0.25, 0.3) is 0 Å². The fourth-order valence-corrected chi connectivity index (χ4v) is 3.45. The summed E-state index contributed by atoms with van der Waals surface area (Å²) in [7, 11) is 0. The molecule has 4 heteroatoms. The van der Waals surface area contributed by atoms with Crippen molar-refractivity contribution < 1.29 is 4.79 Å². The predicted molar refractivity (Wildman–Crippen MR) is 97.1 cm³/mol. The highest BCUT2D eigenvalue weighted by atomic mass is 16.2. The molecule has 1 aromatic heterocycles. The molecule has 4 nitrogen and oxygen atoms in total. The zero-order valence-electron chi connectivity index (χ0n) is 14.8. The van der Waals surface area contributed by atoms with Crippen molar-refractivity contribution in [2.75, 3.05) is 6.54 Å². The summed E-state index contributed by atoms with van der Waals surface area (Å²) in [5.41, 5.74) is 3.59. The van der Waals surface area contributed by atoms with Crippen LogP contribution >= 0.6 is 0 Å². The van der Waals surface area contributed by atoms with Gasteiger partial charge in [-0.2, -0.15) is 0 Å². The van der Waals surface area contributed by atoms with Crippen molar-refractivity contribution in [1.29, 1.82) is 0 Å². The first-order chi connectivity index (χ1) is 11.6. The van der Waals surface area contributed by atoms with Crippen LogP contribution in [0.5, 0.6) is 0 Å². The normalized spacial score (nSPS) is 17.0. The average molecular weight is 325 g/mol. The SMILES string of the molecule is CCC(CC)NC(=O)N1CCn2cccc2C1c1ccc(C)cc1. The van der Waals surface area contributed by atoms with E-state index in [1.165, 1.54) is 16.8 Å². The van der Waals surface area contributed by atoms with E-state index in [9.17, 15) is 4.79 Å². The molecule has 0 saturated heterocycles. The van der Waals surface area contributed by atoms with Crippen LogP contribution in [0.2, 0.25) is 0 Å². The highest BCUT2D eigenvalue weighted by Crippen LogP contribution is 2.32. The van der Waals surface area contributed by atoms with Crippen LogP contribution in [0, 0.1) is 6.92 Å². The summed E-state index contributed by atoms with van der Waals surface area (Å²) in [5, 5.41) is 3.20. The number of hydrogen-bond acceptors (Lipinski definition) is 1. The first-order valence-corrected chi connectivity index (χ1v) is 8.92. The Balaban J connectivity index is 1.92. The summed E-state index contributed by atoms with van der Waals surface area (Å²) in [4.78, 5) is 14.9. The predicted octanol–water partition coefficient (Wildman–Crippen LogP) is 4.10. The van der Waals surface area contributed by atoms with Gasteiger partial charge in [0, 0.05) is 31.0 Å². The van der Waals surface area contributed by atoms with Crippen molar-refractivity contribution in [1.82, 2.24) is 14.8 Å². The smallest absolute Gasteiger partial charge is 0.318 e. The van der Waals surface area contributed by atoms with E-state index in [4.69, 9.17) is 0 Å². The highest BCUT2D eigenvalue weighted by molar-refractivity contribution is 5.76. The van der Waals surface area contributed by atoms with Gasteiger partial charge in [-0.25, -0.2) is 4.79 Å². The van der Waals surface area contributed by atoms with Crippen LogP contribution in [-0.4, -0.2) is 28.1 Å². The van der Waals surface area contributed by atoms with E-state index in [0.29, 0.717) is 0 Å². The van der Waals surface area contributed by atoms with Gasteiger partial charge < -0.3 is 14.8 Å². The molecule has 128 valence electrons. The minimum atomic E-state index is -0.0243. The molecule has 24 heavy (non-hydrogen) atoms. The van der Waals surface area contributed by atoms with Crippen LogP contribution in [0.3, 0.4) is 0 Å². The molecule has 0 spiro atoms. The van der Waals surface area contributed by atoms with Crippen molar-refractivity contribution in [2.45, 2.75) is 52.2 Å². The van der Waals surface area contributed by atoms with E-state index in [-0.39, 0.29) is 18.1 Å². The van der Waals surface area contributed by atoms with Crippen molar-refractivity contribution >= 4 is 6.03 Å². The van der Waals surface area contributed by atoms with Gasteiger partial charge in [0.25, 0.3) is 0 Å². The third-order valence-electron chi connectivity index (χ3n) is 5.01. The number of urea groups is 1. The van der Waals surface area contributed by atoms with Gasteiger partial charge in [0.1, 0.15) is 0 Å². The summed E-state index contributed by atoms with van der Waals surface area (Å²) >= 11 is 0. The number of aromatic nitrogens is 1. The summed E-state index contributed by atoms with van der Waals surface area (Å²) in [6.07, 6.45) is 4.02. The number of rotatable bonds is 4. The van der Waals surface area contributed by atoms with Crippen molar-refractivity contribution in [3.05, 3.63) is 59.4 Å². The molecule has 0 aliphatic carbocycles. The van der Waals surface area contributed by atoms with Crippen LogP contribution in [0.15, 0.2) is 42.6 Å². The lowest BCUT2D eigenvalue weighted by molar-refractivity contribution is 0.164. The lowest BCUT2D eigenvalue weighted by atomic mass is 9.99. The molecule has 1 aliphatic heterocycles. The highest BCUT2D eigenvalue weighted by Gasteiger charge is 2.32. The van der Waals surface area contributed by atoms with Gasteiger partial charge in [-0.3, -0.25) is 0 Å². The molecule has 2 aromatic rings. The van der Waals surface area contributed by atoms with Crippen LogP contribution in [0.1, 0.15) is 49.6 Å². The fraction of sp³-hybridized carbons (Fsp3) is 0.450. The van der Waals surface area contributed by atoms with Gasteiger partial charge >= 0.3 is 6.03 Å². The largest absolute Gasteiger partial charge is 0.348 e. The molecule has 1 atom stereocenters. The number of carbonyl (C=O) groups is 1. The Bertz CT molecular complexity index is 685. The van der Waals surface area contributed by atoms with Crippen LogP contribution in [0.4, 0.5) is 4.79 Å². The van der Waals surface area contributed by atoms with E-state index in [1.807, 2.05) is 4.90 Å². The second-order valence-corrected chi connectivity index (χ2v) is 6.60. The maximum atomic E-state index is 12.9. The second kappa shape index (κ2) is 7.12. The molecule has 0 fully saturated rings. The van der Waals surface area contributed by atoms with Crippen LogP contribution < -0.4 is 5.32 Å². The first-order valence-electron chi connectivity index (χ1n) is 8.92. The van der Waals surface area contributed by atoms with E-state index < -0.39 is 0 Å². The van der Waals surface area contributed by atoms with E-state index in [2.05, 4.69) is 73.3 Å². The molecule has 3 rings (SSSR count). The Morgan fingerprint density at radius 1 is 1.17 bits per heavy atom. The maximum Gasteiger partial charge on any atom is 0.318 e. The molecule has 1 unspecified atom stereocenters. The van der Waals surface area contributed by atoms with Gasteiger partial charge in [0.15, 0.2) is 0 Å². The average Bonchev–Trinajstić information content (AvgIpc) is 3.08. The minimum absolute atomic E-state index is 0.0243. The van der Waals surface area contributed by atoms with Gasteiger partial charge in [-0.15, -0.1) is 0 Å². The molecule has 0 saturated carbocycles. The third-order valence-corrected chi connectivity index (χ3v) is 5.01. The number of aryl methyl sites for hydroxylation is 1. The zero-order valence-corrected chi connectivity index (χ0v) is 14.8. The molecule has 0 bridgehead atoms. The number of carbonyl (C=O) groups excluding carboxylic acids is 1. The first kappa shape index (κ1) is 16.6.